The Morgan fingerprint density at radius 2 is 1.71 bits per heavy atom. The van der Waals surface area contributed by atoms with E-state index in [0.29, 0.717) is 49.1 Å². The number of aromatic nitrogens is 1. The molecule has 1 fully saturated rings. The van der Waals surface area contributed by atoms with E-state index in [4.69, 9.17) is 0 Å². The third kappa shape index (κ3) is 7.11. The summed E-state index contributed by atoms with van der Waals surface area (Å²) in [7, 11) is 0. The van der Waals surface area contributed by atoms with E-state index in [1.165, 1.54) is 23.2 Å². The molecule has 0 spiro atoms. The van der Waals surface area contributed by atoms with Gasteiger partial charge in [-0.2, -0.15) is 0 Å². The summed E-state index contributed by atoms with van der Waals surface area (Å²) in [6, 6.07) is 8.90. The van der Waals surface area contributed by atoms with Crippen LogP contribution in [-0.4, -0.2) is 82.6 Å². The predicted molar refractivity (Wildman–Crippen MR) is 130 cm³/mol. The monoisotopic (exact) mass is 485 g/mol. The van der Waals surface area contributed by atoms with Crippen molar-refractivity contribution in [1.82, 2.24) is 19.7 Å². The zero-order valence-corrected chi connectivity index (χ0v) is 20.6. The van der Waals surface area contributed by atoms with Crippen LogP contribution in [0.5, 0.6) is 0 Å². The van der Waals surface area contributed by atoms with E-state index in [1.54, 1.807) is 39.4 Å². The van der Waals surface area contributed by atoms with Crippen molar-refractivity contribution in [1.29, 1.82) is 0 Å². The number of carbonyl (C=O) groups excluding carboxylic acids is 4. The van der Waals surface area contributed by atoms with Crippen molar-refractivity contribution in [2.75, 3.05) is 44.6 Å². The van der Waals surface area contributed by atoms with Gasteiger partial charge in [-0.1, -0.05) is 32.0 Å². The first-order valence-corrected chi connectivity index (χ1v) is 12.2. The second-order valence-corrected chi connectivity index (χ2v) is 9.56. The average Bonchev–Trinajstić information content (AvgIpc) is 3.24. The van der Waals surface area contributed by atoms with E-state index >= 15 is 0 Å². The van der Waals surface area contributed by atoms with Gasteiger partial charge >= 0.3 is 0 Å². The maximum Gasteiger partial charge on any atom is 0.254 e. The lowest BCUT2D eigenvalue weighted by Crippen LogP contribution is -2.50. The van der Waals surface area contributed by atoms with Crippen molar-refractivity contribution < 1.29 is 19.2 Å². The first kappa shape index (κ1) is 25.4. The fourth-order valence-electron chi connectivity index (χ4n) is 3.74. The van der Waals surface area contributed by atoms with Crippen LogP contribution in [0.1, 0.15) is 36.8 Å². The van der Waals surface area contributed by atoms with Gasteiger partial charge in [0.2, 0.25) is 17.7 Å². The first-order chi connectivity index (χ1) is 16.2. The molecule has 4 amide bonds. The SMILES string of the molecule is CC(=O)N1CCN(C(=O)Cc2csc(NC(=O)CN(CC(C)C)C(=O)c3ccccc3)n2)CC1. The first-order valence-electron chi connectivity index (χ1n) is 11.3. The van der Waals surface area contributed by atoms with Crippen molar-refractivity contribution in [3.63, 3.8) is 0 Å². The molecule has 1 aromatic heterocycles. The highest BCUT2D eigenvalue weighted by Gasteiger charge is 2.24. The number of nitrogens with one attached hydrogen (secondary N) is 1. The molecule has 1 aliphatic rings. The third-order valence-corrected chi connectivity index (χ3v) is 6.24. The van der Waals surface area contributed by atoms with Crippen molar-refractivity contribution >= 4 is 40.1 Å². The topological polar surface area (TPSA) is 103 Å². The van der Waals surface area contributed by atoms with Crippen LogP contribution < -0.4 is 5.32 Å². The van der Waals surface area contributed by atoms with Gasteiger partial charge in [0.15, 0.2) is 5.13 Å². The Balaban J connectivity index is 1.54. The number of piperazine rings is 1. The second kappa shape index (κ2) is 11.7. The van der Waals surface area contributed by atoms with E-state index in [-0.39, 0.29) is 42.5 Å². The molecule has 1 aromatic carbocycles. The Bertz CT molecular complexity index is 1020. The van der Waals surface area contributed by atoms with Gasteiger partial charge in [0.05, 0.1) is 12.1 Å². The molecular formula is C24H31N5O4S. The molecule has 0 radical (unpaired) electrons. The summed E-state index contributed by atoms with van der Waals surface area (Å²) >= 11 is 1.25. The van der Waals surface area contributed by atoms with Crippen molar-refractivity contribution in [3.8, 4) is 0 Å². The molecule has 3 rings (SSSR count). The summed E-state index contributed by atoms with van der Waals surface area (Å²) in [4.78, 5) is 58.9. The van der Waals surface area contributed by atoms with Gasteiger partial charge in [0.1, 0.15) is 6.54 Å². The molecule has 1 aliphatic heterocycles. The molecular weight excluding hydrogens is 454 g/mol. The number of carbonyl (C=O) groups is 4. The van der Waals surface area contributed by atoms with Gasteiger partial charge in [-0.05, 0) is 18.1 Å². The van der Waals surface area contributed by atoms with Crippen LogP contribution in [-0.2, 0) is 20.8 Å². The molecule has 10 heteroatoms. The highest BCUT2D eigenvalue weighted by molar-refractivity contribution is 7.13. The number of nitrogens with zero attached hydrogens (tertiary/aromatic N) is 4. The van der Waals surface area contributed by atoms with Crippen LogP contribution >= 0.6 is 11.3 Å². The number of rotatable bonds is 8. The molecule has 9 nitrogen and oxygen atoms in total. The lowest BCUT2D eigenvalue weighted by Gasteiger charge is -2.34. The van der Waals surface area contributed by atoms with E-state index in [1.807, 2.05) is 19.9 Å². The van der Waals surface area contributed by atoms with E-state index in [2.05, 4.69) is 10.3 Å². The van der Waals surface area contributed by atoms with Crippen molar-refractivity contribution in [2.24, 2.45) is 5.92 Å². The number of benzene rings is 1. The summed E-state index contributed by atoms with van der Waals surface area (Å²) in [5.74, 6) is -0.361. The molecule has 1 N–H and O–H groups in total. The molecule has 2 heterocycles. The molecule has 0 aliphatic carbocycles. The Kier molecular flexibility index (Phi) is 8.75. The summed E-state index contributed by atoms with van der Waals surface area (Å²) in [5.41, 5.74) is 1.12. The summed E-state index contributed by atoms with van der Waals surface area (Å²) in [6.45, 7) is 7.97. The van der Waals surface area contributed by atoms with Gasteiger partial charge in [0.25, 0.3) is 5.91 Å². The lowest BCUT2D eigenvalue weighted by molar-refractivity contribution is -0.138. The highest BCUT2D eigenvalue weighted by atomic mass is 32.1. The Labute approximate surface area is 203 Å². The minimum atomic E-state index is -0.336. The molecule has 2 aromatic rings. The largest absolute Gasteiger partial charge is 0.339 e. The molecule has 0 atom stereocenters. The van der Waals surface area contributed by atoms with Crippen LogP contribution in [0.2, 0.25) is 0 Å². The van der Waals surface area contributed by atoms with Crippen LogP contribution in [0.25, 0.3) is 0 Å². The minimum Gasteiger partial charge on any atom is -0.339 e. The van der Waals surface area contributed by atoms with Crippen LogP contribution in [0.4, 0.5) is 5.13 Å². The van der Waals surface area contributed by atoms with Crippen molar-refractivity contribution in [3.05, 3.63) is 47.0 Å². The zero-order valence-electron chi connectivity index (χ0n) is 19.8. The molecule has 1 saturated heterocycles. The molecule has 0 saturated carbocycles. The Morgan fingerprint density at radius 1 is 1.06 bits per heavy atom. The fraction of sp³-hybridized carbons (Fsp3) is 0.458. The maximum absolute atomic E-state index is 12.9. The number of hydrogen-bond donors (Lipinski definition) is 1. The van der Waals surface area contributed by atoms with Gasteiger partial charge in [-0.25, -0.2) is 4.98 Å². The normalized spacial score (nSPS) is 13.6. The van der Waals surface area contributed by atoms with Gasteiger partial charge < -0.3 is 20.0 Å². The van der Waals surface area contributed by atoms with Crippen LogP contribution in [0.15, 0.2) is 35.7 Å². The van der Waals surface area contributed by atoms with E-state index < -0.39 is 0 Å². The van der Waals surface area contributed by atoms with Gasteiger partial charge in [0, 0.05) is 50.6 Å². The van der Waals surface area contributed by atoms with Crippen molar-refractivity contribution in [2.45, 2.75) is 27.2 Å². The Morgan fingerprint density at radius 3 is 2.32 bits per heavy atom. The number of amides is 4. The van der Waals surface area contributed by atoms with Crippen LogP contribution in [0.3, 0.4) is 0 Å². The van der Waals surface area contributed by atoms with Gasteiger partial charge in [-0.3, -0.25) is 19.2 Å². The molecule has 34 heavy (non-hydrogen) atoms. The van der Waals surface area contributed by atoms with E-state index in [0.717, 1.165) is 0 Å². The quantitative estimate of drug-likeness (QED) is 0.617. The molecule has 0 unspecified atom stereocenters. The number of thiazole rings is 1. The zero-order chi connectivity index (χ0) is 24.7. The average molecular weight is 486 g/mol. The molecule has 182 valence electrons. The van der Waals surface area contributed by atoms with Gasteiger partial charge in [-0.15, -0.1) is 11.3 Å². The number of hydrogen-bond acceptors (Lipinski definition) is 6. The summed E-state index contributed by atoms with van der Waals surface area (Å²) < 4.78 is 0. The second-order valence-electron chi connectivity index (χ2n) is 8.70. The standard InChI is InChI=1S/C24H31N5O4S/c1-17(2)14-29(23(33)19-7-5-4-6-8-19)15-21(31)26-24-25-20(16-34-24)13-22(32)28-11-9-27(10-12-28)18(3)30/h4-8,16-17H,9-15H2,1-3H3,(H,25,26,31). The summed E-state index contributed by atoms with van der Waals surface area (Å²) in [6.07, 6.45) is 0.137. The smallest absolute Gasteiger partial charge is 0.254 e. The fourth-order valence-corrected chi connectivity index (χ4v) is 4.46. The van der Waals surface area contributed by atoms with Crippen LogP contribution in [0, 0.1) is 5.92 Å². The predicted octanol–water partition coefficient (Wildman–Crippen LogP) is 2.11. The number of anilines is 1. The minimum absolute atomic E-state index is 0.0180. The highest BCUT2D eigenvalue weighted by Crippen LogP contribution is 2.17. The lowest BCUT2D eigenvalue weighted by atomic mass is 10.1. The summed E-state index contributed by atoms with van der Waals surface area (Å²) in [5, 5.41) is 4.89. The Hall–Kier alpha value is -3.27. The maximum atomic E-state index is 12.9. The molecule has 0 bridgehead atoms. The van der Waals surface area contributed by atoms with E-state index in [9.17, 15) is 19.2 Å². The third-order valence-electron chi connectivity index (χ3n) is 5.44.